The van der Waals surface area contributed by atoms with Gasteiger partial charge in [-0.15, -0.1) is 11.6 Å². The van der Waals surface area contributed by atoms with E-state index in [0.29, 0.717) is 31.0 Å². The topological polar surface area (TPSA) is 55.4 Å². The van der Waals surface area contributed by atoms with E-state index < -0.39 is 0 Å². The number of carbonyl (C=O) groups is 2. The zero-order valence-electron chi connectivity index (χ0n) is 11.4. The van der Waals surface area contributed by atoms with E-state index >= 15 is 0 Å². The van der Waals surface area contributed by atoms with Gasteiger partial charge in [-0.25, -0.2) is 4.79 Å². The highest BCUT2D eigenvalue weighted by molar-refractivity contribution is 6.18. The van der Waals surface area contributed by atoms with E-state index in [1.807, 2.05) is 12.1 Å². The minimum absolute atomic E-state index is 0.0721. The Kier molecular flexibility index (Phi) is 7.43. The van der Waals surface area contributed by atoms with Crippen LogP contribution in [0.1, 0.15) is 25.3 Å². The number of esters is 1. The fourth-order valence-corrected chi connectivity index (χ4v) is 1.66. The molecule has 0 atom stereocenters. The second kappa shape index (κ2) is 9.15. The Morgan fingerprint density at radius 2 is 2.20 bits per heavy atom. The molecular weight excluding hydrogens is 278 g/mol. The SMILES string of the molecule is CCOC(=O)C=Cc1cccc(NC(=O)CCCCl)c1. The molecule has 0 spiro atoms. The zero-order chi connectivity index (χ0) is 14.8. The van der Waals surface area contributed by atoms with E-state index in [1.54, 1.807) is 25.1 Å². The van der Waals surface area contributed by atoms with Gasteiger partial charge in [0.05, 0.1) is 6.61 Å². The van der Waals surface area contributed by atoms with Crippen molar-refractivity contribution in [3.05, 3.63) is 35.9 Å². The number of amides is 1. The molecule has 108 valence electrons. The van der Waals surface area contributed by atoms with Crippen LogP contribution in [-0.2, 0) is 14.3 Å². The summed E-state index contributed by atoms with van der Waals surface area (Å²) < 4.78 is 4.79. The first-order valence-corrected chi connectivity index (χ1v) is 7.00. The molecule has 0 saturated carbocycles. The summed E-state index contributed by atoms with van der Waals surface area (Å²) in [6.45, 7) is 2.10. The molecule has 4 nitrogen and oxygen atoms in total. The molecule has 0 heterocycles. The Hall–Kier alpha value is -1.81. The molecule has 0 unspecified atom stereocenters. The lowest BCUT2D eigenvalue weighted by Crippen LogP contribution is -2.11. The van der Waals surface area contributed by atoms with Crippen LogP contribution in [-0.4, -0.2) is 24.4 Å². The Balaban J connectivity index is 2.61. The number of nitrogens with one attached hydrogen (secondary N) is 1. The lowest BCUT2D eigenvalue weighted by Gasteiger charge is -2.05. The third-order valence-corrected chi connectivity index (χ3v) is 2.67. The molecule has 1 aromatic carbocycles. The predicted molar refractivity (Wildman–Crippen MR) is 80.7 cm³/mol. The number of alkyl halides is 1. The molecule has 0 aliphatic heterocycles. The number of anilines is 1. The van der Waals surface area contributed by atoms with Gasteiger partial charge in [-0.05, 0) is 37.1 Å². The molecule has 0 fully saturated rings. The van der Waals surface area contributed by atoms with Crippen LogP contribution in [0.3, 0.4) is 0 Å². The average molecular weight is 296 g/mol. The quantitative estimate of drug-likeness (QED) is 0.477. The van der Waals surface area contributed by atoms with Gasteiger partial charge in [-0.2, -0.15) is 0 Å². The van der Waals surface area contributed by atoms with Crippen LogP contribution in [0.25, 0.3) is 6.08 Å². The van der Waals surface area contributed by atoms with E-state index in [4.69, 9.17) is 16.3 Å². The summed E-state index contributed by atoms with van der Waals surface area (Å²) >= 11 is 5.54. The molecule has 0 aliphatic carbocycles. The molecule has 0 radical (unpaired) electrons. The summed E-state index contributed by atoms with van der Waals surface area (Å²) in [6.07, 6.45) is 4.05. The summed E-state index contributed by atoms with van der Waals surface area (Å²) in [6, 6.07) is 7.22. The van der Waals surface area contributed by atoms with Crippen LogP contribution in [0.15, 0.2) is 30.3 Å². The predicted octanol–water partition coefficient (Wildman–Crippen LogP) is 3.22. The van der Waals surface area contributed by atoms with Crippen molar-refractivity contribution in [2.75, 3.05) is 17.8 Å². The normalized spacial score (nSPS) is 10.5. The summed E-state index contributed by atoms with van der Waals surface area (Å²) in [7, 11) is 0. The largest absolute Gasteiger partial charge is 0.463 e. The van der Waals surface area contributed by atoms with Crippen molar-refractivity contribution in [3.63, 3.8) is 0 Å². The fraction of sp³-hybridized carbons (Fsp3) is 0.333. The number of rotatable bonds is 7. The van der Waals surface area contributed by atoms with Gasteiger partial charge < -0.3 is 10.1 Å². The monoisotopic (exact) mass is 295 g/mol. The molecular formula is C15H18ClNO3. The van der Waals surface area contributed by atoms with Gasteiger partial charge in [0.15, 0.2) is 0 Å². The lowest BCUT2D eigenvalue weighted by atomic mass is 10.2. The number of hydrogen-bond donors (Lipinski definition) is 1. The highest BCUT2D eigenvalue weighted by Gasteiger charge is 2.02. The van der Waals surface area contributed by atoms with Crippen LogP contribution in [0.5, 0.6) is 0 Å². The van der Waals surface area contributed by atoms with Crippen molar-refractivity contribution in [2.24, 2.45) is 0 Å². The Bertz CT molecular complexity index is 486. The van der Waals surface area contributed by atoms with E-state index in [0.717, 1.165) is 5.56 Å². The smallest absolute Gasteiger partial charge is 0.330 e. The summed E-state index contributed by atoms with van der Waals surface area (Å²) in [4.78, 5) is 22.8. The molecule has 1 N–H and O–H groups in total. The standard InChI is InChI=1S/C15H18ClNO3/c1-2-20-15(19)9-8-12-5-3-6-13(11-12)17-14(18)7-4-10-16/h3,5-6,8-9,11H,2,4,7,10H2,1H3,(H,17,18). The van der Waals surface area contributed by atoms with Crippen molar-refractivity contribution in [2.45, 2.75) is 19.8 Å². The minimum atomic E-state index is -0.385. The van der Waals surface area contributed by atoms with Crippen molar-refractivity contribution in [1.82, 2.24) is 0 Å². The summed E-state index contributed by atoms with van der Waals surface area (Å²) in [5, 5.41) is 2.78. The third-order valence-electron chi connectivity index (χ3n) is 2.41. The molecule has 0 aromatic heterocycles. The number of benzene rings is 1. The summed E-state index contributed by atoms with van der Waals surface area (Å²) in [5.74, 6) is 0.0108. The Labute approximate surface area is 123 Å². The Morgan fingerprint density at radius 1 is 1.40 bits per heavy atom. The average Bonchev–Trinajstić information content (AvgIpc) is 2.44. The van der Waals surface area contributed by atoms with Crippen molar-refractivity contribution in [1.29, 1.82) is 0 Å². The molecule has 5 heteroatoms. The first kappa shape index (κ1) is 16.2. The minimum Gasteiger partial charge on any atom is -0.463 e. The van der Waals surface area contributed by atoms with Crippen LogP contribution in [0.4, 0.5) is 5.69 Å². The first-order chi connectivity index (χ1) is 9.65. The molecule has 0 saturated heterocycles. The fourth-order valence-electron chi connectivity index (χ4n) is 1.53. The van der Waals surface area contributed by atoms with E-state index in [9.17, 15) is 9.59 Å². The van der Waals surface area contributed by atoms with Crippen LogP contribution >= 0.6 is 11.6 Å². The van der Waals surface area contributed by atoms with Gasteiger partial charge in [0.1, 0.15) is 0 Å². The van der Waals surface area contributed by atoms with E-state index in [2.05, 4.69) is 5.32 Å². The number of halogens is 1. The van der Waals surface area contributed by atoms with Crippen molar-refractivity contribution in [3.8, 4) is 0 Å². The van der Waals surface area contributed by atoms with Gasteiger partial charge in [0, 0.05) is 24.1 Å². The van der Waals surface area contributed by atoms with Crippen molar-refractivity contribution >= 4 is 35.2 Å². The van der Waals surface area contributed by atoms with Gasteiger partial charge in [0.2, 0.25) is 5.91 Å². The molecule has 1 rings (SSSR count). The van der Waals surface area contributed by atoms with Gasteiger partial charge >= 0.3 is 5.97 Å². The molecule has 1 amide bonds. The van der Waals surface area contributed by atoms with Gasteiger partial charge in [-0.1, -0.05) is 12.1 Å². The maximum atomic E-state index is 11.6. The molecule has 0 aliphatic rings. The lowest BCUT2D eigenvalue weighted by molar-refractivity contribution is -0.137. The van der Waals surface area contributed by atoms with Gasteiger partial charge in [0.25, 0.3) is 0 Å². The number of hydrogen-bond acceptors (Lipinski definition) is 3. The third kappa shape index (κ3) is 6.38. The zero-order valence-corrected chi connectivity index (χ0v) is 12.2. The second-order valence-corrected chi connectivity index (χ2v) is 4.43. The molecule has 20 heavy (non-hydrogen) atoms. The van der Waals surface area contributed by atoms with E-state index in [-0.39, 0.29) is 11.9 Å². The van der Waals surface area contributed by atoms with Crippen LogP contribution in [0, 0.1) is 0 Å². The van der Waals surface area contributed by atoms with Gasteiger partial charge in [-0.3, -0.25) is 4.79 Å². The molecule has 1 aromatic rings. The van der Waals surface area contributed by atoms with Crippen molar-refractivity contribution < 1.29 is 14.3 Å². The number of carbonyl (C=O) groups excluding carboxylic acids is 2. The maximum Gasteiger partial charge on any atom is 0.330 e. The highest BCUT2D eigenvalue weighted by atomic mass is 35.5. The van der Waals surface area contributed by atoms with Crippen LogP contribution in [0.2, 0.25) is 0 Å². The second-order valence-electron chi connectivity index (χ2n) is 4.05. The molecule has 0 bridgehead atoms. The van der Waals surface area contributed by atoms with E-state index in [1.165, 1.54) is 6.08 Å². The maximum absolute atomic E-state index is 11.6. The Morgan fingerprint density at radius 3 is 2.90 bits per heavy atom. The number of ether oxygens (including phenoxy) is 1. The first-order valence-electron chi connectivity index (χ1n) is 6.46. The highest BCUT2D eigenvalue weighted by Crippen LogP contribution is 2.12. The van der Waals surface area contributed by atoms with Crippen LogP contribution < -0.4 is 5.32 Å². The summed E-state index contributed by atoms with van der Waals surface area (Å²) in [5.41, 5.74) is 1.50.